The average Bonchev–Trinajstić information content (AvgIpc) is 2.65. The van der Waals surface area contributed by atoms with E-state index in [0.717, 1.165) is 16.7 Å². The third-order valence-corrected chi connectivity index (χ3v) is 3.78. The zero-order valence-electron chi connectivity index (χ0n) is 12.0. The lowest BCUT2D eigenvalue weighted by Crippen LogP contribution is -2.34. The molecular weight excluding hydrogens is 240 g/mol. The largest absolute Gasteiger partial charge is 0.326 e. The fraction of sp³-hybridized carbons (Fsp3) is 0.467. The van der Waals surface area contributed by atoms with E-state index in [1.807, 2.05) is 32.9 Å². The predicted octanol–water partition coefficient (Wildman–Crippen LogP) is 2.16. The van der Waals surface area contributed by atoms with Crippen molar-refractivity contribution in [2.75, 3.05) is 26.7 Å². The van der Waals surface area contributed by atoms with Crippen LogP contribution >= 0.6 is 0 Å². The number of likely N-dealkylation sites (N-methyl/N-ethyl adjacent to an activating group) is 1. The second-order valence-electron chi connectivity index (χ2n) is 5.30. The van der Waals surface area contributed by atoms with Gasteiger partial charge in [-0.2, -0.15) is 0 Å². The van der Waals surface area contributed by atoms with Crippen LogP contribution in [0.1, 0.15) is 27.0 Å². The van der Waals surface area contributed by atoms with Crippen LogP contribution in [0.4, 0.5) is 4.79 Å². The molecule has 102 valence electrons. The van der Waals surface area contributed by atoms with Gasteiger partial charge in [0.25, 0.3) is 0 Å². The first-order valence-electron chi connectivity index (χ1n) is 6.51. The zero-order chi connectivity index (χ0) is 14.2. The predicted molar refractivity (Wildman–Crippen MR) is 74.6 cm³/mol. The number of hydrogen-bond acceptors (Lipinski definition) is 2. The minimum atomic E-state index is -0.0603. The van der Waals surface area contributed by atoms with E-state index in [0.29, 0.717) is 13.1 Å². The number of rotatable bonds is 3. The Hall–Kier alpha value is -1.84. The van der Waals surface area contributed by atoms with Crippen molar-refractivity contribution < 1.29 is 9.59 Å². The minimum Gasteiger partial charge on any atom is -0.326 e. The van der Waals surface area contributed by atoms with E-state index in [-0.39, 0.29) is 18.4 Å². The molecule has 1 aromatic carbocycles. The summed E-state index contributed by atoms with van der Waals surface area (Å²) in [7, 11) is 1.76. The first kappa shape index (κ1) is 13.6. The van der Waals surface area contributed by atoms with Crippen LogP contribution in [0.2, 0.25) is 0 Å². The van der Waals surface area contributed by atoms with Crippen LogP contribution in [-0.4, -0.2) is 48.3 Å². The van der Waals surface area contributed by atoms with Gasteiger partial charge in [-0.3, -0.25) is 4.79 Å². The number of Topliss-reactive ketones (excluding diaryl/α,β-unsaturated/α-hetero) is 1. The normalized spacial score (nSPS) is 15.3. The molecule has 1 aromatic rings. The maximum Gasteiger partial charge on any atom is 0.320 e. The van der Waals surface area contributed by atoms with E-state index in [1.54, 1.807) is 16.8 Å². The second-order valence-corrected chi connectivity index (χ2v) is 5.30. The molecule has 0 bridgehead atoms. The molecule has 2 amide bonds. The van der Waals surface area contributed by atoms with Crippen molar-refractivity contribution in [2.45, 2.75) is 20.8 Å². The van der Waals surface area contributed by atoms with Gasteiger partial charge in [-0.1, -0.05) is 6.07 Å². The monoisotopic (exact) mass is 260 g/mol. The molecule has 4 heteroatoms. The molecule has 0 atom stereocenters. The summed E-state index contributed by atoms with van der Waals surface area (Å²) in [4.78, 5) is 27.4. The highest BCUT2D eigenvalue weighted by atomic mass is 16.2. The molecule has 0 aromatic heterocycles. The summed E-state index contributed by atoms with van der Waals surface area (Å²) >= 11 is 0. The lowest BCUT2D eigenvalue weighted by atomic mass is 9.98. The Morgan fingerprint density at radius 1 is 1.11 bits per heavy atom. The summed E-state index contributed by atoms with van der Waals surface area (Å²) < 4.78 is 0. The molecular formula is C15H20N2O2. The van der Waals surface area contributed by atoms with Gasteiger partial charge in [0.1, 0.15) is 0 Å². The van der Waals surface area contributed by atoms with Crippen molar-refractivity contribution >= 4 is 11.8 Å². The van der Waals surface area contributed by atoms with E-state index in [2.05, 4.69) is 0 Å². The Kier molecular flexibility index (Phi) is 3.60. The van der Waals surface area contributed by atoms with Crippen LogP contribution in [0, 0.1) is 20.8 Å². The average molecular weight is 260 g/mol. The highest BCUT2D eigenvalue weighted by Gasteiger charge is 2.27. The number of nitrogens with zero attached hydrogens (tertiary/aromatic N) is 2. The highest BCUT2D eigenvalue weighted by molar-refractivity contribution is 6.00. The van der Waals surface area contributed by atoms with Gasteiger partial charge in [0, 0.05) is 25.7 Å². The standard InChI is InChI=1S/C15H20N2O2/c1-10-7-12(3)13(8-11(10)2)14(18)9-17-6-5-16(4)15(17)19/h7-8H,5-6,9H2,1-4H3. The van der Waals surface area contributed by atoms with Crippen LogP contribution < -0.4 is 0 Å². The SMILES string of the molecule is Cc1cc(C)c(C(=O)CN2CCN(C)C2=O)cc1C. The summed E-state index contributed by atoms with van der Waals surface area (Å²) in [6, 6.07) is 3.90. The number of amides is 2. The number of ketones is 1. The van der Waals surface area contributed by atoms with Crippen molar-refractivity contribution in [2.24, 2.45) is 0 Å². The fourth-order valence-corrected chi connectivity index (χ4v) is 2.37. The Bertz CT molecular complexity index is 537. The molecule has 1 aliphatic heterocycles. The maximum absolute atomic E-state index is 12.3. The molecule has 0 radical (unpaired) electrons. The number of hydrogen-bond donors (Lipinski definition) is 0. The van der Waals surface area contributed by atoms with Crippen molar-refractivity contribution in [1.29, 1.82) is 0 Å². The number of benzene rings is 1. The maximum atomic E-state index is 12.3. The Morgan fingerprint density at radius 2 is 1.74 bits per heavy atom. The van der Waals surface area contributed by atoms with Crippen molar-refractivity contribution in [3.63, 3.8) is 0 Å². The highest BCUT2D eigenvalue weighted by Crippen LogP contribution is 2.17. The van der Waals surface area contributed by atoms with E-state index in [4.69, 9.17) is 0 Å². The summed E-state index contributed by atoms with van der Waals surface area (Å²) in [5, 5.41) is 0. The Labute approximate surface area is 114 Å². The van der Waals surface area contributed by atoms with E-state index >= 15 is 0 Å². The van der Waals surface area contributed by atoms with Crippen LogP contribution in [0.15, 0.2) is 12.1 Å². The molecule has 1 saturated heterocycles. The van der Waals surface area contributed by atoms with Gasteiger partial charge in [-0.15, -0.1) is 0 Å². The Balaban J connectivity index is 2.17. The van der Waals surface area contributed by atoms with Crippen LogP contribution in [0.25, 0.3) is 0 Å². The summed E-state index contributed by atoms with van der Waals surface area (Å²) in [6.45, 7) is 7.48. The summed E-state index contributed by atoms with van der Waals surface area (Å²) in [6.07, 6.45) is 0. The zero-order valence-corrected chi connectivity index (χ0v) is 12.0. The first-order valence-corrected chi connectivity index (χ1v) is 6.51. The van der Waals surface area contributed by atoms with Crippen LogP contribution in [-0.2, 0) is 0 Å². The van der Waals surface area contributed by atoms with Crippen LogP contribution in [0.5, 0.6) is 0 Å². The van der Waals surface area contributed by atoms with Gasteiger partial charge >= 0.3 is 6.03 Å². The third-order valence-electron chi connectivity index (χ3n) is 3.78. The number of aryl methyl sites for hydroxylation is 3. The van der Waals surface area contributed by atoms with Crippen molar-refractivity contribution in [3.05, 3.63) is 34.4 Å². The number of carbonyl (C=O) groups excluding carboxylic acids is 2. The lowest BCUT2D eigenvalue weighted by Gasteiger charge is -2.16. The lowest BCUT2D eigenvalue weighted by molar-refractivity contribution is 0.0951. The van der Waals surface area contributed by atoms with Gasteiger partial charge in [-0.25, -0.2) is 4.79 Å². The van der Waals surface area contributed by atoms with Gasteiger partial charge in [0.2, 0.25) is 0 Å². The molecule has 2 rings (SSSR count). The number of urea groups is 1. The van der Waals surface area contributed by atoms with Crippen molar-refractivity contribution in [1.82, 2.24) is 9.80 Å². The topological polar surface area (TPSA) is 40.6 Å². The van der Waals surface area contributed by atoms with E-state index in [1.165, 1.54) is 5.56 Å². The minimum absolute atomic E-state index is 0.0178. The molecule has 1 fully saturated rings. The first-order chi connectivity index (χ1) is 8.90. The molecule has 1 aliphatic rings. The second kappa shape index (κ2) is 5.03. The molecule has 1 heterocycles. The molecule has 0 spiro atoms. The van der Waals surface area contributed by atoms with E-state index < -0.39 is 0 Å². The third kappa shape index (κ3) is 2.62. The summed E-state index contributed by atoms with van der Waals surface area (Å²) in [5.41, 5.74) is 4.00. The van der Waals surface area contributed by atoms with Gasteiger partial charge in [0.15, 0.2) is 5.78 Å². The smallest absolute Gasteiger partial charge is 0.320 e. The van der Waals surface area contributed by atoms with Crippen LogP contribution in [0.3, 0.4) is 0 Å². The molecule has 0 saturated carbocycles. The summed E-state index contributed by atoms with van der Waals surface area (Å²) in [5.74, 6) is 0.0178. The number of carbonyl (C=O) groups is 2. The van der Waals surface area contributed by atoms with Gasteiger partial charge in [-0.05, 0) is 43.5 Å². The fourth-order valence-electron chi connectivity index (χ4n) is 2.37. The molecule has 4 nitrogen and oxygen atoms in total. The molecule has 0 aliphatic carbocycles. The van der Waals surface area contributed by atoms with E-state index in [9.17, 15) is 9.59 Å². The Morgan fingerprint density at radius 3 is 2.32 bits per heavy atom. The van der Waals surface area contributed by atoms with Crippen molar-refractivity contribution in [3.8, 4) is 0 Å². The molecule has 19 heavy (non-hydrogen) atoms. The van der Waals surface area contributed by atoms with Gasteiger partial charge < -0.3 is 9.80 Å². The molecule has 0 unspecified atom stereocenters. The quantitative estimate of drug-likeness (QED) is 0.781. The molecule has 0 N–H and O–H groups in total. The van der Waals surface area contributed by atoms with Gasteiger partial charge in [0.05, 0.1) is 6.54 Å².